The molecule has 3 fully saturated rings. The van der Waals surface area contributed by atoms with Gasteiger partial charge in [-0.2, -0.15) is 0 Å². The molecule has 4 aromatic rings. The van der Waals surface area contributed by atoms with E-state index in [4.69, 9.17) is 18.9 Å². The molecule has 1 unspecified atom stereocenters. The Morgan fingerprint density at radius 3 is 2.37 bits per heavy atom. The number of carbonyl (C=O) groups is 5. The van der Waals surface area contributed by atoms with Crippen LogP contribution >= 0.6 is 0 Å². The molecule has 5 heterocycles. The van der Waals surface area contributed by atoms with Gasteiger partial charge >= 0.3 is 0 Å². The fourth-order valence-corrected chi connectivity index (χ4v) is 9.28. The van der Waals surface area contributed by atoms with Crippen LogP contribution in [0, 0.1) is 11.3 Å². The van der Waals surface area contributed by atoms with Gasteiger partial charge in [0.2, 0.25) is 17.7 Å². The minimum Gasteiger partial charge on any atom is -0.496 e. The number of benzene rings is 2. The number of fused-ring (bicyclic) bond motifs is 2. The molecule has 60 heavy (non-hydrogen) atoms. The lowest BCUT2D eigenvalue weighted by Crippen LogP contribution is -2.64. The van der Waals surface area contributed by atoms with Crippen molar-refractivity contribution >= 4 is 40.3 Å². The number of amides is 5. The van der Waals surface area contributed by atoms with Crippen molar-refractivity contribution in [1.82, 2.24) is 29.6 Å². The average molecular weight is 821 g/mol. The number of piperidine rings is 1. The minimum atomic E-state index is -1.03. The van der Waals surface area contributed by atoms with Gasteiger partial charge in [-0.25, -0.2) is 0 Å². The highest BCUT2D eigenvalue weighted by atomic mass is 16.5. The molecule has 314 valence electrons. The van der Waals surface area contributed by atoms with Gasteiger partial charge < -0.3 is 33.3 Å². The second kappa shape index (κ2) is 16.5. The normalized spacial score (nSPS) is 18.4. The van der Waals surface area contributed by atoms with Gasteiger partial charge in [-0.05, 0) is 79.6 Å². The summed E-state index contributed by atoms with van der Waals surface area (Å²) in [6.45, 7) is 3.70. The van der Waals surface area contributed by atoms with Gasteiger partial charge in [0.1, 0.15) is 29.9 Å². The van der Waals surface area contributed by atoms with Gasteiger partial charge in [0, 0.05) is 69.2 Å². The summed E-state index contributed by atoms with van der Waals surface area (Å²) in [6.07, 6.45) is 7.64. The number of carbonyl (C=O) groups excluding carboxylic acids is 5. The number of pyridine rings is 2. The van der Waals surface area contributed by atoms with Gasteiger partial charge in [0.05, 0.1) is 55.9 Å². The van der Waals surface area contributed by atoms with Crippen LogP contribution in [0.1, 0.15) is 58.4 Å². The summed E-state index contributed by atoms with van der Waals surface area (Å²) >= 11 is 0. The standard InChI is InChI=1S/C44H48N6O10/c1-47(22-34-36(57-3)15-27(16-37(34)58-4)33-23-48(2)41(54)32-20-45-11-9-29(32)33)21-26-18-44(19-26)24-49(25-44)39(52)10-12-59-13-14-60-28-5-6-30-31(17-28)43(56)50(42(30)55)35-7-8-38(51)46-40(35)53/h5-6,9,11,15-17,20,23,26,35H,7-8,10,12-14,18-19,21-22,24-25H2,1-4H3,(H,46,51,53). The van der Waals surface area contributed by atoms with E-state index in [1.807, 2.05) is 29.3 Å². The molecule has 2 saturated heterocycles. The molecule has 16 nitrogen and oxygen atoms in total. The third kappa shape index (κ3) is 7.72. The van der Waals surface area contributed by atoms with Crippen LogP contribution in [0.15, 0.2) is 59.8 Å². The number of hydrogen-bond donors (Lipinski definition) is 1. The number of likely N-dealkylation sites (tertiary alicyclic amines) is 1. The summed E-state index contributed by atoms with van der Waals surface area (Å²) in [4.78, 5) is 84.7. The number of aryl methyl sites for hydroxylation is 1. The molecule has 16 heteroatoms. The van der Waals surface area contributed by atoms with E-state index in [9.17, 15) is 28.8 Å². The number of nitrogens with zero attached hydrogens (tertiary/aromatic N) is 5. The number of nitrogens with one attached hydrogen (secondary N) is 1. The quantitative estimate of drug-likeness (QED) is 0.137. The van der Waals surface area contributed by atoms with Crippen molar-refractivity contribution in [3.63, 3.8) is 0 Å². The van der Waals surface area contributed by atoms with E-state index in [0.717, 1.165) is 59.5 Å². The molecule has 1 atom stereocenters. The Hall–Kier alpha value is -6.13. The largest absolute Gasteiger partial charge is 0.496 e. The highest BCUT2D eigenvalue weighted by molar-refractivity contribution is 6.23. The van der Waals surface area contributed by atoms with Crippen molar-refractivity contribution in [2.75, 3.05) is 60.7 Å². The van der Waals surface area contributed by atoms with E-state index in [1.54, 1.807) is 44.3 Å². The Labute approximate surface area is 346 Å². The lowest BCUT2D eigenvalue weighted by atomic mass is 9.57. The Kier molecular flexibility index (Phi) is 11.2. The van der Waals surface area contributed by atoms with E-state index < -0.39 is 29.7 Å². The van der Waals surface area contributed by atoms with E-state index in [-0.39, 0.29) is 67.1 Å². The summed E-state index contributed by atoms with van der Waals surface area (Å²) in [5.74, 6) is 0.102. The molecule has 0 radical (unpaired) electrons. The summed E-state index contributed by atoms with van der Waals surface area (Å²) in [5.41, 5.74) is 3.10. The van der Waals surface area contributed by atoms with Crippen molar-refractivity contribution in [3.8, 4) is 28.4 Å². The molecule has 2 aromatic heterocycles. The summed E-state index contributed by atoms with van der Waals surface area (Å²) in [5, 5.41) is 3.54. The van der Waals surface area contributed by atoms with Gasteiger partial charge in [0.15, 0.2) is 0 Å². The molecule has 3 aliphatic heterocycles. The van der Waals surface area contributed by atoms with Crippen LogP contribution in [0.5, 0.6) is 17.2 Å². The number of aromatic nitrogens is 2. The lowest BCUT2D eigenvalue weighted by molar-refractivity contribution is -0.157. The van der Waals surface area contributed by atoms with Crippen LogP contribution in [-0.2, 0) is 32.7 Å². The Bertz CT molecular complexity index is 2430. The van der Waals surface area contributed by atoms with Gasteiger partial charge in [-0.3, -0.25) is 44.0 Å². The van der Waals surface area contributed by atoms with Crippen molar-refractivity contribution < 1.29 is 42.9 Å². The molecule has 1 saturated carbocycles. The summed E-state index contributed by atoms with van der Waals surface area (Å²) < 4.78 is 24.8. The third-order valence-electron chi connectivity index (χ3n) is 12.1. The monoisotopic (exact) mass is 820 g/mol. The van der Waals surface area contributed by atoms with Gasteiger partial charge in [-0.15, -0.1) is 0 Å². The van der Waals surface area contributed by atoms with Crippen LogP contribution in [0.4, 0.5) is 0 Å². The first-order valence-electron chi connectivity index (χ1n) is 20.1. The molecular weight excluding hydrogens is 773 g/mol. The number of imide groups is 2. The number of ether oxygens (including phenoxy) is 4. The number of rotatable bonds is 15. The van der Waals surface area contributed by atoms with Crippen molar-refractivity contribution in [2.45, 2.75) is 44.7 Å². The summed E-state index contributed by atoms with van der Waals surface area (Å²) in [7, 11) is 7.14. The molecule has 8 rings (SSSR count). The average Bonchev–Trinajstić information content (AvgIpc) is 3.45. The topological polar surface area (TPSA) is 179 Å². The van der Waals surface area contributed by atoms with E-state index >= 15 is 0 Å². The first kappa shape index (κ1) is 40.6. The van der Waals surface area contributed by atoms with Crippen LogP contribution in [0.3, 0.4) is 0 Å². The first-order chi connectivity index (χ1) is 28.9. The predicted octanol–water partition coefficient (Wildman–Crippen LogP) is 3.18. The molecular formula is C44H48N6O10. The second-order valence-electron chi connectivity index (χ2n) is 16.3. The smallest absolute Gasteiger partial charge is 0.262 e. The minimum absolute atomic E-state index is 0.0498. The van der Waals surface area contributed by atoms with Gasteiger partial charge in [-0.1, -0.05) is 0 Å². The van der Waals surface area contributed by atoms with Crippen molar-refractivity contribution in [2.24, 2.45) is 18.4 Å². The van der Waals surface area contributed by atoms with Crippen LogP contribution < -0.4 is 25.1 Å². The first-order valence-corrected chi connectivity index (χ1v) is 20.1. The fourth-order valence-electron chi connectivity index (χ4n) is 9.28. The lowest BCUT2D eigenvalue weighted by Gasteiger charge is -2.59. The van der Waals surface area contributed by atoms with Gasteiger partial charge in [0.25, 0.3) is 17.4 Å². The molecule has 1 aliphatic carbocycles. The van der Waals surface area contributed by atoms with E-state index in [2.05, 4.69) is 22.2 Å². The fraction of sp³-hybridized carbons (Fsp3) is 0.432. The van der Waals surface area contributed by atoms with Crippen LogP contribution in [0.2, 0.25) is 0 Å². The second-order valence-corrected chi connectivity index (χ2v) is 16.3. The number of hydrogen-bond acceptors (Lipinski definition) is 12. The molecule has 2 aromatic carbocycles. The molecule has 0 bridgehead atoms. The van der Waals surface area contributed by atoms with Crippen molar-refractivity contribution in [3.05, 3.63) is 82.0 Å². The molecule has 1 spiro atoms. The maximum Gasteiger partial charge on any atom is 0.262 e. The maximum absolute atomic E-state index is 13.1. The van der Waals surface area contributed by atoms with Crippen LogP contribution in [-0.4, -0.2) is 121 Å². The Morgan fingerprint density at radius 2 is 1.65 bits per heavy atom. The number of methoxy groups -OCH3 is 2. The summed E-state index contributed by atoms with van der Waals surface area (Å²) in [6, 6.07) is 9.35. The Balaban J connectivity index is 0.753. The molecule has 1 N–H and O–H groups in total. The Morgan fingerprint density at radius 1 is 0.917 bits per heavy atom. The van der Waals surface area contributed by atoms with Crippen molar-refractivity contribution in [1.29, 1.82) is 0 Å². The zero-order chi connectivity index (χ0) is 42.3. The highest BCUT2D eigenvalue weighted by Gasteiger charge is 2.53. The molecule has 4 aliphatic rings. The maximum atomic E-state index is 13.1. The predicted molar refractivity (Wildman–Crippen MR) is 218 cm³/mol. The molecule has 5 amide bonds. The SMILES string of the molecule is COc1cc(-c2cn(C)c(=O)c3cnccc23)cc(OC)c1CN(C)CC1CC2(C1)CN(C(=O)CCOCCOc1ccc3c(c1)C(=O)N(C1CCC(=O)NC1=O)C3=O)C2. The van der Waals surface area contributed by atoms with Crippen LogP contribution in [0.25, 0.3) is 21.9 Å². The van der Waals surface area contributed by atoms with E-state index in [1.165, 1.54) is 12.1 Å². The zero-order valence-corrected chi connectivity index (χ0v) is 34.2. The van der Waals surface area contributed by atoms with E-state index in [0.29, 0.717) is 35.1 Å². The highest BCUT2D eigenvalue weighted by Crippen LogP contribution is 2.52. The zero-order valence-electron chi connectivity index (χ0n) is 34.2. The third-order valence-corrected chi connectivity index (χ3v) is 12.1.